The van der Waals surface area contributed by atoms with Crippen molar-refractivity contribution in [3.63, 3.8) is 0 Å². The summed E-state index contributed by atoms with van der Waals surface area (Å²) in [6, 6.07) is 15.0. The third kappa shape index (κ3) is 6.33. The molecule has 1 N–H and O–H groups in total. The van der Waals surface area contributed by atoms with E-state index in [4.69, 9.17) is 9.47 Å². The number of carbonyl (C=O) groups excluding carboxylic acids is 2. The standard InChI is InChI=1S/C21H26N2O4/c1-16(24)23(14-12-21(25)22-18-7-5-4-6-8-18)13-11-17-9-10-19(26-2)20(15-17)27-3/h4-10,15H,11-14H2,1-3H3,(H,22,25). The van der Waals surface area contributed by atoms with E-state index >= 15 is 0 Å². The number of anilines is 1. The van der Waals surface area contributed by atoms with Gasteiger partial charge in [0.25, 0.3) is 0 Å². The molecule has 2 amide bonds. The third-order valence-corrected chi connectivity index (χ3v) is 4.23. The Balaban J connectivity index is 1.88. The second-order valence-corrected chi connectivity index (χ2v) is 6.11. The Bertz CT molecular complexity index is 762. The zero-order chi connectivity index (χ0) is 19.6. The molecule has 0 aromatic heterocycles. The molecule has 0 aliphatic heterocycles. The molecule has 6 heteroatoms. The van der Waals surface area contributed by atoms with Gasteiger partial charge in [0.05, 0.1) is 14.2 Å². The smallest absolute Gasteiger partial charge is 0.226 e. The fourth-order valence-corrected chi connectivity index (χ4v) is 2.71. The van der Waals surface area contributed by atoms with Gasteiger partial charge in [-0.2, -0.15) is 0 Å². The van der Waals surface area contributed by atoms with Crippen molar-refractivity contribution in [2.24, 2.45) is 0 Å². The lowest BCUT2D eigenvalue weighted by atomic mass is 10.1. The highest BCUT2D eigenvalue weighted by Gasteiger charge is 2.12. The number of nitrogens with zero attached hydrogens (tertiary/aromatic N) is 1. The van der Waals surface area contributed by atoms with E-state index in [1.54, 1.807) is 19.1 Å². The summed E-state index contributed by atoms with van der Waals surface area (Å²) in [5.74, 6) is 1.16. The monoisotopic (exact) mass is 370 g/mol. The van der Waals surface area contributed by atoms with Crippen LogP contribution in [0.5, 0.6) is 11.5 Å². The van der Waals surface area contributed by atoms with Gasteiger partial charge in [0.2, 0.25) is 11.8 Å². The van der Waals surface area contributed by atoms with E-state index in [-0.39, 0.29) is 18.2 Å². The minimum atomic E-state index is -0.112. The van der Waals surface area contributed by atoms with Crippen LogP contribution in [0.4, 0.5) is 5.69 Å². The molecule has 0 atom stereocenters. The van der Waals surface area contributed by atoms with Gasteiger partial charge in [0.1, 0.15) is 0 Å². The molecule has 0 saturated carbocycles. The number of amides is 2. The van der Waals surface area contributed by atoms with Crippen molar-refractivity contribution in [2.75, 3.05) is 32.6 Å². The first-order chi connectivity index (χ1) is 13.0. The maximum Gasteiger partial charge on any atom is 0.226 e. The first-order valence-corrected chi connectivity index (χ1v) is 8.84. The van der Waals surface area contributed by atoms with Crippen LogP contribution in [-0.4, -0.2) is 44.0 Å². The number of hydrogen-bond acceptors (Lipinski definition) is 4. The van der Waals surface area contributed by atoms with E-state index in [1.807, 2.05) is 48.5 Å². The van der Waals surface area contributed by atoms with Crippen LogP contribution in [0.3, 0.4) is 0 Å². The number of rotatable bonds is 9. The number of methoxy groups -OCH3 is 2. The highest BCUT2D eigenvalue weighted by molar-refractivity contribution is 5.91. The largest absolute Gasteiger partial charge is 0.493 e. The van der Waals surface area contributed by atoms with Gasteiger partial charge in [-0.1, -0.05) is 24.3 Å². The highest BCUT2D eigenvalue weighted by atomic mass is 16.5. The summed E-state index contributed by atoms with van der Waals surface area (Å²) >= 11 is 0. The Morgan fingerprint density at radius 1 is 0.963 bits per heavy atom. The van der Waals surface area contributed by atoms with Gasteiger partial charge >= 0.3 is 0 Å². The molecule has 27 heavy (non-hydrogen) atoms. The van der Waals surface area contributed by atoms with Crippen LogP contribution >= 0.6 is 0 Å². The molecule has 0 fully saturated rings. The summed E-state index contributed by atoms with van der Waals surface area (Å²) in [5, 5.41) is 2.83. The Hall–Kier alpha value is -3.02. The Kier molecular flexibility index (Phi) is 7.67. The van der Waals surface area contributed by atoms with Crippen molar-refractivity contribution in [1.82, 2.24) is 4.90 Å². The topological polar surface area (TPSA) is 67.9 Å². The van der Waals surface area contributed by atoms with Crippen LogP contribution in [0.15, 0.2) is 48.5 Å². The van der Waals surface area contributed by atoms with Gasteiger partial charge in [0.15, 0.2) is 11.5 Å². The molecule has 0 radical (unpaired) electrons. The van der Waals surface area contributed by atoms with Crippen molar-refractivity contribution in [3.8, 4) is 11.5 Å². The number of ether oxygens (including phenoxy) is 2. The van der Waals surface area contributed by atoms with Gasteiger partial charge in [-0.25, -0.2) is 0 Å². The summed E-state index contributed by atoms with van der Waals surface area (Å²) in [6.45, 7) is 2.43. The van der Waals surface area contributed by atoms with Crippen molar-refractivity contribution in [1.29, 1.82) is 0 Å². The van der Waals surface area contributed by atoms with E-state index in [2.05, 4.69) is 5.32 Å². The number of nitrogens with one attached hydrogen (secondary N) is 1. The van der Waals surface area contributed by atoms with Crippen LogP contribution < -0.4 is 14.8 Å². The van der Waals surface area contributed by atoms with E-state index < -0.39 is 0 Å². The average molecular weight is 370 g/mol. The molecule has 0 aliphatic rings. The number of hydrogen-bond donors (Lipinski definition) is 1. The molecule has 0 bridgehead atoms. The van der Waals surface area contributed by atoms with E-state index in [1.165, 1.54) is 6.92 Å². The van der Waals surface area contributed by atoms with Gasteiger partial charge in [0, 0.05) is 32.1 Å². The molecule has 0 heterocycles. The van der Waals surface area contributed by atoms with Gasteiger partial charge in [-0.15, -0.1) is 0 Å². The van der Waals surface area contributed by atoms with Crippen molar-refractivity contribution in [2.45, 2.75) is 19.8 Å². The third-order valence-electron chi connectivity index (χ3n) is 4.23. The number of benzene rings is 2. The van der Waals surface area contributed by atoms with Crippen LogP contribution in [0, 0.1) is 0 Å². The summed E-state index contributed by atoms with van der Waals surface area (Å²) in [5.41, 5.74) is 1.79. The van der Waals surface area contributed by atoms with Crippen molar-refractivity contribution < 1.29 is 19.1 Å². The van der Waals surface area contributed by atoms with Crippen molar-refractivity contribution >= 4 is 17.5 Å². The quantitative estimate of drug-likeness (QED) is 0.736. The number of carbonyl (C=O) groups is 2. The maximum absolute atomic E-state index is 12.1. The highest BCUT2D eigenvalue weighted by Crippen LogP contribution is 2.27. The van der Waals surface area contributed by atoms with Gasteiger partial charge < -0.3 is 19.7 Å². The second kappa shape index (κ2) is 10.2. The molecule has 0 spiro atoms. The lowest BCUT2D eigenvalue weighted by Gasteiger charge is -2.21. The summed E-state index contributed by atoms with van der Waals surface area (Å²) < 4.78 is 10.5. The first kappa shape index (κ1) is 20.3. The molecule has 144 valence electrons. The molecule has 2 aromatic carbocycles. The zero-order valence-electron chi connectivity index (χ0n) is 16.0. The van der Waals surface area contributed by atoms with Crippen LogP contribution in [0.2, 0.25) is 0 Å². The number of para-hydroxylation sites is 1. The maximum atomic E-state index is 12.1. The molecular weight excluding hydrogens is 344 g/mol. The SMILES string of the molecule is COc1ccc(CCN(CCC(=O)Nc2ccccc2)C(C)=O)cc1OC. The molecular formula is C21H26N2O4. The van der Waals surface area contributed by atoms with E-state index in [0.717, 1.165) is 11.3 Å². The van der Waals surface area contributed by atoms with Gasteiger partial charge in [-0.3, -0.25) is 9.59 Å². The fourth-order valence-electron chi connectivity index (χ4n) is 2.71. The normalized spacial score (nSPS) is 10.2. The minimum absolute atomic E-state index is 0.0528. The van der Waals surface area contributed by atoms with Crippen molar-refractivity contribution in [3.05, 3.63) is 54.1 Å². The van der Waals surface area contributed by atoms with E-state index in [0.29, 0.717) is 31.0 Å². The van der Waals surface area contributed by atoms with Crippen LogP contribution in [0.1, 0.15) is 18.9 Å². The molecule has 0 aliphatic carbocycles. The van der Waals surface area contributed by atoms with E-state index in [9.17, 15) is 9.59 Å². The molecule has 0 saturated heterocycles. The lowest BCUT2D eigenvalue weighted by Crippen LogP contribution is -2.33. The van der Waals surface area contributed by atoms with Crippen LogP contribution in [-0.2, 0) is 16.0 Å². The van der Waals surface area contributed by atoms with Gasteiger partial charge in [-0.05, 0) is 36.2 Å². The first-order valence-electron chi connectivity index (χ1n) is 8.84. The minimum Gasteiger partial charge on any atom is -0.493 e. The zero-order valence-corrected chi connectivity index (χ0v) is 16.0. The lowest BCUT2D eigenvalue weighted by molar-refractivity contribution is -0.129. The molecule has 2 rings (SSSR count). The average Bonchev–Trinajstić information content (AvgIpc) is 2.68. The second-order valence-electron chi connectivity index (χ2n) is 6.11. The summed E-state index contributed by atoms with van der Waals surface area (Å²) in [7, 11) is 3.18. The summed E-state index contributed by atoms with van der Waals surface area (Å²) in [6.07, 6.45) is 0.917. The summed E-state index contributed by atoms with van der Waals surface area (Å²) in [4.78, 5) is 25.7. The predicted molar refractivity (Wildman–Crippen MR) is 105 cm³/mol. The fraction of sp³-hybridized carbons (Fsp3) is 0.333. The Labute approximate surface area is 160 Å². The molecule has 6 nitrogen and oxygen atoms in total. The Morgan fingerprint density at radius 2 is 1.67 bits per heavy atom. The Morgan fingerprint density at radius 3 is 2.30 bits per heavy atom. The molecule has 2 aromatic rings. The van der Waals surface area contributed by atoms with Crippen LogP contribution in [0.25, 0.3) is 0 Å². The molecule has 0 unspecified atom stereocenters. The predicted octanol–water partition coefficient (Wildman–Crippen LogP) is 3.12.